The number of hydrogen-bond acceptors (Lipinski definition) is 4. The molecule has 0 spiro atoms. The van der Waals surface area contributed by atoms with E-state index < -0.39 is 0 Å². The molecular weight excluding hydrogens is 268 g/mol. The number of ether oxygens (including phenoxy) is 3. The Bertz CT molecular complexity index is 468. The Morgan fingerprint density at radius 2 is 1.86 bits per heavy atom. The summed E-state index contributed by atoms with van der Waals surface area (Å²) in [5.41, 5.74) is 2.17. The third kappa shape index (κ3) is 4.96. The zero-order valence-corrected chi connectivity index (χ0v) is 13.7. The molecule has 0 bridgehead atoms. The standard InChI is InChI=1S/C17H26O4/c1-6-21-17(18)9-7-8-12(2)14-11-15(19-4)13(3)10-16(14)20-5/h10-12H,6-9H2,1-5H3. The predicted molar refractivity (Wildman–Crippen MR) is 83.2 cm³/mol. The van der Waals surface area contributed by atoms with Crippen LogP contribution in [0.2, 0.25) is 0 Å². The van der Waals surface area contributed by atoms with Crippen molar-refractivity contribution in [2.24, 2.45) is 0 Å². The Kier molecular flexibility index (Phi) is 7.06. The summed E-state index contributed by atoms with van der Waals surface area (Å²) in [6.07, 6.45) is 2.17. The zero-order chi connectivity index (χ0) is 15.8. The van der Waals surface area contributed by atoms with Crippen molar-refractivity contribution in [3.8, 4) is 11.5 Å². The Morgan fingerprint density at radius 1 is 1.19 bits per heavy atom. The summed E-state index contributed by atoms with van der Waals surface area (Å²) in [7, 11) is 3.35. The van der Waals surface area contributed by atoms with E-state index in [2.05, 4.69) is 6.92 Å². The highest BCUT2D eigenvalue weighted by molar-refractivity contribution is 5.69. The highest BCUT2D eigenvalue weighted by Gasteiger charge is 2.15. The van der Waals surface area contributed by atoms with Crippen LogP contribution in [0.5, 0.6) is 11.5 Å². The van der Waals surface area contributed by atoms with Gasteiger partial charge >= 0.3 is 5.97 Å². The molecule has 1 aromatic carbocycles. The van der Waals surface area contributed by atoms with E-state index in [0.717, 1.165) is 35.5 Å². The molecule has 0 aliphatic rings. The van der Waals surface area contributed by atoms with Gasteiger partial charge in [0.05, 0.1) is 20.8 Å². The lowest BCUT2D eigenvalue weighted by Crippen LogP contribution is -2.05. The van der Waals surface area contributed by atoms with Crippen molar-refractivity contribution in [2.75, 3.05) is 20.8 Å². The van der Waals surface area contributed by atoms with Crippen molar-refractivity contribution < 1.29 is 19.0 Å². The first kappa shape index (κ1) is 17.3. The van der Waals surface area contributed by atoms with E-state index in [9.17, 15) is 4.79 Å². The van der Waals surface area contributed by atoms with Gasteiger partial charge in [0.2, 0.25) is 0 Å². The molecule has 0 amide bonds. The highest BCUT2D eigenvalue weighted by Crippen LogP contribution is 2.35. The second kappa shape index (κ2) is 8.55. The molecule has 0 saturated carbocycles. The smallest absolute Gasteiger partial charge is 0.305 e. The van der Waals surface area contributed by atoms with E-state index in [4.69, 9.17) is 14.2 Å². The SMILES string of the molecule is CCOC(=O)CCCC(C)c1cc(OC)c(C)cc1OC. The van der Waals surface area contributed by atoms with Gasteiger partial charge in [-0.2, -0.15) is 0 Å². The quantitative estimate of drug-likeness (QED) is 0.683. The molecule has 118 valence electrons. The summed E-state index contributed by atoms with van der Waals surface area (Å²) in [5.74, 6) is 1.90. The van der Waals surface area contributed by atoms with Crippen LogP contribution >= 0.6 is 0 Å². The van der Waals surface area contributed by atoms with Gasteiger partial charge in [-0.25, -0.2) is 0 Å². The van der Waals surface area contributed by atoms with Crippen LogP contribution in [-0.2, 0) is 9.53 Å². The van der Waals surface area contributed by atoms with Gasteiger partial charge in [0.1, 0.15) is 11.5 Å². The number of aryl methyl sites for hydroxylation is 1. The lowest BCUT2D eigenvalue weighted by atomic mass is 9.93. The summed E-state index contributed by atoms with van der Waals surface area (Å²) in [4.78, 5) is 11.4. The molecule has 0 aliphatic heterocycles. The normalized spacial score (nSPS) is 11.9. The first-order valence-electron chi connectivity index (χ1n) is 7.41. The average Bonchev–Trinajstić information content (AvgIpc) is 2.46. The maximum atomic E-state index is 11.4. The summed E-state index contributed by atoms with van der Waals surface area (Å²) >= 11 is 0. The monoisotopic (exact) mass is 294 g/mol. The molecule has 1 atom stereocenters. The minimum Gasteiger partial charge on any atom is -0.496 e. The second-order valence-electron chi connectivity index (χ2n) is 5.16. The number of benzene rings is 1. The van der Waals surface area contributed by atoms with Crippen LogP contribution in [0.3, 0.4) is 0 Å². The molecule has 4 nitrogen and oxygen atoms in total. The van der Waals surface area contributed by atoms with Gasteiger partial charge < -0.3 is 14.2 Å². The molecular formula is C17H26O4. The molecule has 0 heterocycles. The molecule has 0 saturated heterocycles. The van der Waals surface area contributed by atoms with Crippen LogP contribution in [0.15, 0.2) is 12.1 Å². The summed E-state index contributed by atoms with van der Waals surface area (Å²) < 4.78 is 15.8. The molecule has 21 heavy (non-hydrogen) atoms. The first-order chi connectivity index (χ1) is 10.0. The maximum Gasteiger partial charge on any atom is 0.305 e. The third-order valence-electron chi connectivity index (χ3n) is 3.60. The van der Waals surface area contributed by atoms with E-state index >= 15 is 0 Å². The van der Waals surface area contributed by atoms with Gasteiger partial charge in [0.15, 0.2) is 0 Å². The number of esters is 1. The fourth-order valence-corrected chi connectivity index (χ4v) is 2.40. The molecule has 0 radical (unpaired) electrons. The highest BCUT2D eigenvalue weighted by atomic mass is 16.5. The van der Waals surface area contributed by atoms with E-state index in [1.807, 2.05) is 26.0 Å². The second-order valence-corrected chi connectivity index (χ2v) is 5.16. The average molecular weight is 294 g/mol. The van der Waals surface area contributed by atoms with Crippen molar-refractivity contribution in [1.29, 1.82) is 0 Å². The number of carbonyl (C=O) groups excluding carboxylic acids is 1. The Hall–Kier alpha value is -1.71. The molecule has 0 aliphatic carbocycles. The van der Waals surface area contributed by atoms with Crippen LogP contribution in [0, 0.1) is 6.92 Å². The van der Waals surface area contributed by atoms with Crippen LogP contribution in [0.4, 0.5) is 0 Å². The topological polar surface area (TPSA) is 44.8 Å². The number of methoxy groups -OCH3 is 2. The minimum atomic E-state index is -0.127. The van der Waals surface area contributed by atoms with Crippen LogP contribution in [0.1, 0.15) is 50.2 Å². The van der Waals surface area contributed by atoms with E-state index in [0.29, 0.717) is 18.9 Å². The maximum absolute atomic E-state index is 11.4. The Labute approximate surface area is 127 Å². The van der Waals surface area contributed by atoms with E-state index in [1.165, 1.54) is 0 Å². The van der Waals surface area contributed by atoms with Gasteiger partial charge in [-0.15, -0.1) is 0 Å². The number of rotatable bonds is 8. The lowest BCUT2D eigenvalue weighted by Gasteiger charge is -2.18. The number of carbonyl (C=O) groups is 1. The fraction of sp³-hybridized carbons (Fsp3) is 0.588. The zero-order valence-electron chi connectivity index (χ0n) is 13.7. The molecule has 1 aromatic rings. The van der Waals surface area contributed by atoms with Crippen LogP contribution < -0.4 is 9.47 Å². The van der Waals surface area contributed by atoms with Crippen LogP contribution in [-0.4, -0.2) is 26.8 Å². The van der Waals surface area contributed by atoms with Gasteiger partial charge in [0.25, 0.3) is 0 Å². The van der Waals surface area contributed by atoms with Gasteiger partial charge in [-0.1, -0.05) is 6.92 Å². The molecule has 1 rings (SSSR count). The fourth-order valence-electron chi connectivity index (χ4n) is 2.40. The van der Waals surface area contributed by atoms with Crippen LogP contribution in [0.25, 0.3) is 0 Å². The predicted octanol–water partition coefficient (Wildman–Crippen LogP) is 3.85. The van der Waals surface area contributed by atoms with Gasteiger partial charge in [-0.05, 0) is 50.3 Å². The lowest BCUT2D eigenvalue weighted by molar-refractivity contribution is -0.143. The first-order valence-corrected chi connectivity index (χ1v) is 7.41. The van der Waals surface area contributed by atoms with Crippen molar-refractivity contribution >= 4 is 5.97 Å². The van der Waals surface area contributed by atoms with Gasteiger partial charge in [0, 0.05) is 12.0 Å². The summed E-state index contributed by atoms with van der Waals surface area (Å²) in [6, 6.07) is 4.03. The summed E-state index contributed by atoms with van der Waals surface area (Å²) in [5, 5.41) is 0. The molecule has 0 fully saturated rings. The van der Waals surface area contributed by atoms with Crippen molar-refractivity contribution in [1.82, 2.24) is 0 Å². The number of hydrogen-bond donors (Lipinski definition) is 0. The summed E-state index contributed by atoms with van der Waals surface area (Å²) in [6.45, 7) is 6.40. The van der Waals surface area contributed by atoms with E-state index in [-0.39, 0.29) is 5.97 Å². The van der Waals surface area contributed by atoms with Gasteiger partial charge in [-0.3, -0.25) is 4.79 Å². The molecule has 1 unspecified atom stereocenters. The molecule has 0 N–H and O–H groups in total. The molecule has 0 aromatic heterocycles. The largest absolute Gasteiger partial charge is 0.496 e. The Morgan fingerprint density at radius 3 is 2.43 bits per heavy atom. The third-order valence-corrected chi connectivity index (χ3v) is 3.60. The van der Waals surface area contributed by atoms with E-state index in [1.54, 1.807) is 14.2 Å². The van der Waals surface area contributed by atoms with Crippen molar-refractivity contribution in [3.63, 3.8) is 0 Å². The molecule has 4 heteroatoms. The Balaban J connectivity index is 2.72. The van der Waals surface area contributed by atoms with Crippen molar-refractivity contribution in [2.45, 2.75) is 46.0 Å². The van der Waals surface area contributed by atoms with Crippen molar-refractivity contribution in [3.05, 3.63) is 23.3 Å². The minimum absolute atomic E-state index is 0.127.